The lowest BCUT2D eigenvalue weighted by molar-refractivity contribution is -0.132. The molecule has 3 heterocycles. The molecule has 0 saturated heterocycles. The number of nitrogens with one attached hydrogen (secondary N) is 1. The first-order chi connectivity index (χ1) is 13.7. The molecular weight excluding hydrogens is 355 g/mol. The van der Waals surface area contributed by atoms with Crippen LogP contribution in [0.25, 0.3) is 22.3 Å². The number of halogens is 1. The SMILES string of the molecule is O=C(Cn1ccnc1-c1ccccc1)N1CCc2[nH]c3ccc(F)cc3c2C1. The molecule has 28 heavy (non-hydrogen) atoms. The fraction of sp³-hybridized carbons (Fsp3) is 0.182. The van der Waals surface area contributed by atoms with Crippen molar-refractivity contribution < 1.29 is 9.18 Å². The molecule has 0 bridgehead atoms. The molecule has 0 unspecified atom stereocenters. The van der Waals surface area contributed by atoms with Crippen molar-refractivity contribution in [1.29, 1.82) is 0 Å². The Bertz CT molecular complexity index is 1160. The zero-order valence-electron chi connectivity index (χ0n) is 15.2. The number of hydrogen-bond donors (Lipinski definition) is 1. The molecule has 0 fully saturated rings. The van der Waals surface area contributed by atoms with Crippen LogP contribution in [0, 0.1) is 5.82 Å². The fourth-order valence-electron chi connectivity index (χ4n) is 3.93. The summed E-state index contributed by atoms with van der Waals surface area (Å²) in [5.41, 5.74) is 4.01. The van der Waals surface area contributed by atoms with E-state index in [9.17, 15) is 9.18 Å². The van der Waals surface area contributed by atoms with Gasteiger partial charge in [0.15, 0.2) is 0 Å². The van der Waals surface area contributed by atoms with E-state index in [0.717, 1.165) is 40.0 Å². The largest absolute Gasteiger partial charge is 0.358 e. The Morgan fingerprint density at radius 3 is 2.89 bits per heavy atom. The molecule has 1 amide bonds. The van der Waals surface area contributed by atoms with Gasteiger partial charge in [0, 0.05) is 59.6 Å². The first kappa shape index (κ1) is 16.7. The van der Waals surface area contributed by atoms with Crippen LogP contribution in [0.15, 0.2) is 60.9 Å². The van der Waals surface area contributed by atoms with Crippen molar-refractivity contribution in [1.82, 2.24) is 19.4 Å². The van der Waals surface area contributed by atoms with Gasteiger partial charge in [0.25, 0.3) is 0 Å². The molecule has 1 N–H and O–H groups in total. The van der Waals surface area contributed by atoms with Gasteiger partial charge >= 0.3 is 0 Å². The van der Waals surface area contributed by atoms with Gasteiger partial charge < -0.3 is 14.5 Å². The molecule has 1 aliphatic rings. The highest BCUT2D eigenvalue weighted by molar-refractivity contribution is 5.86. The maximum absolute atomic E-state index is 13.7. The molecule has 2 aromatic heterocycles. The molecule has 0 aliphatic carbocycles. The summed E-state index contributed by atoms with van der Waals surface area (Å²) in [5.74, 6) is 0.552. The van der Waals surface area contributed by atoms with Gasteiger partial charge in [-0.2, -0.15) is 0 Å². The van der Waals surface area contributed by atoms with Crippen LogP contribution in [0.3, 0.4) is 0 Å². The highest BCUT2D eigenvalue weighted by Gasteiger charge is 2.24. The van der Waals surface area contributed by atoms with E-state index in [1.165, 1.54) is 6.07 Å². The minimum atomic E-state index is -0.260. The summed E-state index contributed by atoms with van der Waals surface area (Å²) >= 11 is 0. The van der Waals surface area contributed by atoms with Gasteiger partial charge in [0.1, 0.15) is 18.2 Å². The van der Waals surface area contributed by atoms with Crippen LogP contribution in [0.2, 0.25) is 0 Å². The number of nitrogens with zero attached hydrogens (tertiary/aromatic N) is 3. The number of hydrogen-bond acceptors (Lipinski definition) is 2. The summed E-state index contributed by atoms with van der Waals surface area (Å²) in [6, 6.07) is 14.6. The lowest BCUT2D eigenvalue weighted by Gasteiger charge is -2.27. The van der Waals surface area contributed by atoms with E-state index >= 15 is 0 Å². The third-order valence-corrected chi connectivity index (χ3v) is 5.34. The second-order valence-corrected chi connectivity index (χ2v) is 7.08. The fourth-order valence-corrected chi connectivity index (χ4v) is 3.93. The van der Waals surface area contributed by atoms with Crippen molar-refractivity contribution in [2.45, 2.75) is 19.5 Å². The van der Waals surface area contributed by atoms with Crippen molar-refractivity contribution in [2.75, 3.05) is 6.54 Å². The first-order valence-corrected chi connectivity index (χ1v) is 9.32. The van der Waals surface area contributed by atoms with Crippen LogP contribution in [-0.2, 0) is 24.3 Å². The van der Waals surface area contributed by atoms with E-state index in [1.54, 1.807) is 18.3 Å². The van der Waals surface area contributed by atoms with Gasteiger partial charge in [-0.3, -0.25) is 4.79 Å². The number of rotatable bonds is 3. The van der Waals surface area contributed by atoms with Crippen molar-refractivity contribution in [2.24, 2.45) is 0 Å². The van der Waals surface area contributed by atoms with Gasteiger partial charge in [-0.05, 0) is 18.2 Å². The quantitative estimate of drug-likeness (QED) is 0.594. The molecule has 5 nitrogen and oxygen atoms in total. The highest BCUT2D eigenvalue weighted by atomic mass is 19.1. The Balaban J connectivity index is 1.39. The molecule has 5 rings (SSSR count). The highest BCUT2D eigenvalue weighted by Crippen LogP contribution is 2.28. The van der Waals surface area contributed by atoms with Gasteiger partial charge in [-0.25, -0.2) is 9.37 Å². The number of amides is 1. The van der Waals surface area contributed by atoms with Gasteiger partial charge in [-0.15, -0.1) is 0 Å². The van der Waals surface area contributed by atoms with Gasteiger partial charge in [0.2, 0.25) is 5.91 Å². The minimum Gasteiger partial charge on any atom is -0.358 e. The average Bonchev–Trinajstić information content (AvgIpc) is 3.32. The number of benzene rings is 2. The molecule has 6 heteroatoms. The van der Waals surface area contributed by atoms with Crippen LogP contribution in [0.1, 0.15) is 11.3 Å². The summed E-state index contributed by atoms with van der Waals surface area (Å²) in [6.45, 7) is 1.37. The Kier molecular flexibility index (Phi) is 3.97. The Morgan fingerprint density at radius 2 is 2.04 bits per heavy atom. The monoisotopic (exact) mass is 374 g/mol. The van der Waals surface area contributed by atoms with E-state index in [1.807, 2.05) is 46.0 Å². The Morgan fingerprint density at radius 1 is 1.18 bits per heavy atom. The topological polar surface area (TPSA) is 53.9 Å². The standard InChI is InChI=1S/C22H19FN4O/c23-16-6-7-19-17(12-16)18-13-26(10-8-20(18)25-19)21(28)14-27-11-9-24-22(27)15-4-2-1-3-5-15/h1-7,9,11-12,25H,8,10,13-14H2. The number of aromatic nitrogens is 3. The Labute approximate surface area is 161 Å². The van der Waals surface area contributed by atoms with Crippen LogP contribution < -0.4 is 0 Å². The zero-order chi connectivity index (χ0) is 19.1. The molecule has 0 spiro atoms. The number of aromatic amines is 1. The third-order valence-electron chi connectivity index (χ3n) is 5.34. The van der Waals surface area contributed by atoms with Crippen LogP contribution in [-0.4, -0.2) is 31.9 Å². The maximum Gasteiger partial charge on any atom is 0.242 e. The summed E-state index contributed by atoms with van der Waals surface area (Å²) < 4.78 is 15.6. The number of carbonyl (C=O) groups is 1. The van der Waals surface area contributed by atoms with Gasteiger partial charge in [-0.1, -0.05) is 30.3 Å². The Hall–Kier alpha value is -3.41. The van der Waals surface area contributed by atoms with E-state index in [4.69, 9.17) is 0 Å². The zero-order valence-corrected chi connectivity index (χ0v) is 15.2. The van der Waals surface area contributed by atoms with E-state index in [2.05, 4.69) is 9.97 Å². The minimum absolute atomic E-state index is 0.0339. The number of fused-ring (bicyclic) bond motifs is 3. The molecule has 140 valence electrons. The van der Waals surface area contributed by atoms with Crippen LogP contribution >= 0.6 is 0 Å². The number of imidazole rings is 1. The summed E-state index contributed by atoms with van der Waals surface area (Å²) in [6.07, 6.45) is 4.29. The van der Waals surface area contributed by atoms with Crippen molar-refractivity contribution in [3.8, 4) is 11.4 Å². The first-order valence-electron chi connectivity index (χ1n) is 9.32. The molecule has 4 aromatic rings. The lowest BCUT2D eigenvalue weighted by atomic mass is 10.0. The summed E-state index contributed by atoms with van der Waals surface area (Å²) in [4.78, 5) is 22.6. The predicted molar refractivity (Wildman–Crippen MR) is 105 cm³/mol. The predicted octanol–water partition coefficient (Wildman–Crippen LogP) is 3.76. The lowest BCUT2D eigenvalue weighted by Crippen LogP contribution is -2.37. The molecule has 2 aromatic carbocycles. The van der Waals surface area contributed by atoms with E-state index in [0.29, 0.717) is 13.1 Å². The summed E-state index contributed by atoms with van der Waals surface area (Å²) in [7, 11) is 0. The molecule has 0 radical (unpaired) electrons. The maximum atomic E-state index is 13.7. The number of carbonyl (C=O) groups excluding carboxylic acids is 1. The van der Waals surface area contributed by atoms with Crippen LogP contribution in [0.4, 0.5) is 4.39 Å². The average molecular weight is 374 g/mol. The number of H-pyrrole nitrogens is 1. The second kappa shape index (κ2) is 6.64. The van der Waals surface area contributed by atoms with Crippen molar-refractivity contribution >= 4 is 16.8 Å². The van der Waals surface area contributed by atoms with E-state index < -0.39 is 0 Å². The van der Waals surface area contributed by atoms with Crippen molar-refractivity contribution in [3.05, 3.63) is 78.0 Å². The normalized spacial score (nSPS) is 13.7. The van der Waals surface area contributed by atoms with Crippen LogP contribution in [0.5, 0.6) is 0 Å². The molecule has 0 atom stereocenters. The summed E-state index contributed by atoms with van der Waals surface area (Å²) in [5, 5.41) is 0.861. The van der Waals surface area contributed by atoms with Gasteiger partial charge in [0.05, 0.1) is 0 Å². The van der Waals surface area contributed by atoms with Crippen molar-refractivity contribution in [3.63, 3.8) is 0 Å². The smallest absolute Gasteiger partial charge is 0.242 e. The van der Waals surface area contributed by atoms with E-state index in [-0.39, 0.29) is 18.3 Å². The molecule has 0 saturated carbocycles. The molecule has 1 aliphatic heterocycles. The molecular formula is C22H19FN4O. The second-order valence-electron chi connectivity index (χ2n) is 7.08. The third kappa shape index (κ3) is 2.87.